The van der Waals surface area contributed by atoms with Gasteiger partial charge in [0.1, 0.15) is 5.69 Å². The van der Waals surface area contributed by atoms with Crippen LogP contribution in [0.1, 0.15) is 20.8 Å². The number of rotatable bonds is 3. The summed E-state index contributed by atoms with van der Waals surface area (Å²) >= 11 is 0. The van der Waals surface area contributed by atoms with Gasteiger partial charge >= 0.3 is 5.97 Å². The van der Waals surface area contributed by atoms with Crippen molar-refractivity contribution in [2.45, 2.75) is 6.04 Å². The van der Waals surface area contributed by atoms with Crippen molar-refractivity contribution < 1.29 is 24.6 Å². The molecule has 1 aromatic rings. The Labute approximate surface area is 95.3 Å². The highest BCUT2D eigenvalue weighted by atomic mass is 16.4. The number of aliphatic carboxylic acids is 1. The number of hydrogen-bond donors (Lipinski definition) is 2. The molecule has 2 heterocycles. The molecule has 7 nitrogen and oxygen atoms in total. The first kappa shape index (κ1) is 11.2. The minimum atomic E-state index is -1.58. The monoisotopic (exact) mass is 236 g/mol. The highest BCUT2D eigenvalue weighted by molar-refractivity contribution is 6.21. The molecule has 0 aliphatic carbocycles. The Kier molecular flexibility index (Phi) is 2.60. The number of carbonyl (C=O) groups is 3. The fraction of sp³-hybridized carbons (Fsp3) is 0.200. The number of aliphatic hydroxyl groups excluding tert-OH is 1. The average molecular weight is 236 g/mol. The second-order valence-corrected chi connectivity index (χ2v) is 3.42. The number of nitrogens with zero attached hydrogens (tertiary/aromatic N) is 2. The summed E-state index contributed by atoms with van der Waals surface area (Å²) in [6.45, 7) is -0.833. The molecule has 0 spiro atoms. The van der Waals surface area contributed by atoms with Crippen molar-refractivity contribution in [3.8, 4) is 0 Å². The molecular weight excluding hydrogens is 228 g/mol. The number of hydrogen-bond acceptors (Lipinski definition) is 5. The summed E-state index contributed by atoms with van der Waals surface area (Å²) in [5.41, 5.74) is -0.0330. The van der Waals surface area contributed by atoms with Crippen LogP contribution in [-0.4, -0.2) is 50.5 Å². The molecule has 0 bridgehead atoms. The van der Waals surface area contributed by atoms with Gasteiger partial charge in [0.15, 0.2) is 6.04 Å². The van der Waals surface area contributed by atoms with Crippen LogP contribution in [0.4, 0.5) is 0 Å². The van der Waals surface area contributed by atoms with Gasteiger partial charge < -0.3 is 10.2 Å². The van der Waals surface area contributed by atoms with E-state index in [9.17, 15) is 14.4 Å². The van der Waals surface area contributed by atoms with E-state index in [1.807, 2.05) is 0 Å². The number of carboxylic acids is 1. The number of amides is 2. The first-order chi connectivity index (χ1) is 8.07. The standard InChI is InChI=1S/C10H8N2O5/c13-4-6(10(16)17)12-8(14)5-2-1-3-11-7(5)9(12)15/h1-3,6,13H,4H2,(H,16,17). The van der Waals surface area contributed by atoms with Crippen LogP contribution in [0.15, 0.2) is 18.3 Å². The molecule has 0 radical (unpaired) electrons. The maximum atomic E-state index is 11.8. The molecule has 2 amide bonds. The number of aliphatic hydroxyl groups is 1. The highest BCUT2D eigenvalue weighted by Gasteiger charge is 2.43. The van der Waals surface area contributed by atoms with E-state index in [0.717, 1.165) is 0 Å². The summed E-state index contributed by atoms with van der Waals surface area (Å²) in [4.78, 5) is 38.7. The third kappa shape index (κ3) is 1.56. The molecule has 7 heteroatoms. The van der Waals surface area contributed by atoms with Gasteiger partial charge in [-0.15, -0.1) is 0 Å². The molecule has 0 saturated heterocycles. The topological polar surface area (TPSA) is 108 Å². The molecule has 0 fully saturated rings. The van der Waals surface area contributed by atoms with E-state index in [4.69, 9.17) is 10.2 Å². The SMILES string of the molecule is O=C(O)C(CO)N1C(=O)c2cccnc2C1=O. The molecule has 2 N–H and O–H groups in total. The molecular formula is C10H8N2O5. The van der Waals surface area contributed by atoms with E-state index >= 15 is 0 Å². The Morgan fingerprint density at radius 3 is 2.65 bits per heavy atom. The van der Waals surface area contributed by atoms with Crippen LogP contribution >= 0.6 is 0 Å². The molecule has 1 aliphatic heterocycles. The summed E-state index contributed by atoms with van der Waals surface area (Å²) in [6, 6.07) is 1.28. The largest absolute Gasteiger partial charge is 0.480 e. The van der Waals surface area contributed by atoms with Gasteiger partial charge in [-0.2, -0.15) is 0 Å². The van der Waals surface area contributed by atoms with Crippen molar-refractivity contribution in [2.75, 3.05) is 6.61 Å². The van der Waals surface area contributed by atoms with Gasteiger partial charge in [-0.05, 0) is 12.1 Å². The van der Waals surface area contributed by atoms with Gasteiger partial charge in [0.2, 0.25) is 0 Å². The molecule has 88 valence electrons. The zero-order valence-corrected chi connectivity index (χ0v) is 8.53. The third-order valence-corrected chi connectivity index (χ3v) is 2.45. The lowest BCUT2D eigenvalue weighted by Crippen LogP contribution is -2.47. The number of pyridine rings is 1. The Balaban J connectivity index is 2.46. The Hall–Kier alpha value is -2.28. The molecule has 0 aromatic carbocycles. The number of carboxylic acid groups (broad SMARTS) is 1. The third-order valence-electron chi connectivity index (χ3n) is 2.45. The predicted molar refractivity (Wildman–Crippen MR) is 53.2 cm³/mol. The van der Waals surface area contributed by atoms with E-state index in [1.165, 1.54) is 18.3 Å². The minimum absolute atomic E-state index is 0.0530. The highest BCUT2D eigenvalue weighted by Crippen LogP contribution is 2.22. The molecule has 1 unspecified atom stereocenters. The molecule has 0 saturated carbocycles. The van der Waals surface area contributed by atoms with E-state index in [2.05, 4.69) is 4.98 Å². The fourth-order valence-corrected chi connectivity index (χ4v) is 1.64. The second kappa shape index (κ2) is 3.95. The van der Waals surface area contributed by atoms with Gasteiger partial charge in [0.25, 0.3) is 11.8 Å². The predicted octanol–water partition coefficient (Wildman–Crippen LogP) is -0.877. The Bertz CT molecular complexity index is 478. The summed E-state index contributed by atoms with van der Waals surface area (Å²) in [5.74, 6) is -2.99. The van der Waals surface area contributed by atoms with Crippen molar-refractivity contribution >= 4 is 17.8 Å². The number of aromatic nitrogens is 1. The van der Waals surface area contributed by atoms with Crippen molar-refractivity contribution in [3.05, 3.63) is 29.6 Å². The van der Waals surface area contributed by atoms with Crippen molar-refractivity contribution in [1.82, 2.24) is 9.88 Å². The van der Waals surface area contributed by atoms with Gasteiger partial charge in [-0.3, -0.25) is 19.5 Å². The van der Waals surface area contributed by atoms with Gasteiger partial charge in [-0.25, -0.2) is 4.79 Å². The minimum Gasteiger partial charge on any atom is -0.480 e. The normalized spacial score (nSPS) is 15.9. The van der Waals surface area contributed by atoms with E-state index < -0.39 is 30.4 Å². The van der Waals surface area contributed by atoms with E-state index in [1.54, 1.807) is 0 Å². The van der Waals surface area contributed by atoms with Crippen molar-refractivity contribution in [1.29, 1.82) is 0 Å². The van der Waals surface area contributed by atoms with Gasteiger partial charge in [0.05, 0.1) is 12.2 Å². The Morgan fingerprint density at radius 2 is 2.12 bits per heavy atom. The maximum absolute atomic E-state index is 11.8. The fourth-order valence-electron chi connectivity index (χ4n) is 1.64. The molecule has 2 rings (SSSR count). The van der Waals surface area contributed by atoms with Gasteiger partial charge in [-0.1, -0.05) is 0 Å². The van der Waals surface area contributed by atoms with Crippen LogP contribution in [0.5, 0.6) is 0 Å². The molecule has 17 heavy (non-hydrogen) atoms. The number of fused-ring (bicyclic) bond motifs is 1. The number of carbonyl (C=O) groups excluding carboxylic acids is 2. The lowest BCUT2D eigenvalue weighted by Gasteiger charge is -2.19. The quantitative estimate of drug-likeness (QED) is 0.660. The lowest BCUT2D eigenvalue weighted by atomic mass is 10.2. The smallest absolute Gasteiger partial charge is 0.329 e. The van der Waals surface area contributed by atoms with Crippen molar-refractivity contribution in [3.63, 3.8) is 0 Å². The first-order valence-corrected chi connectivity index (χ1v) is 4.74. The summed E-state index contributed by atoms with van der Waals surface area (Å²) in [7, 11) is 0. The Morgan fingerprint density at radius 1 is 1.41 bits per heavy atom. The molecule has 1 atom stereocenters. The van der Waals surface area contributed by atoms with E-state index in [0.29, 0.717) is 4.90 Å². The van der Waals surface area contributed by atoms with Crippen molar-refractivity contribution in [2.24, 2.45) is 0 Å². The summed E-state index contributed by atoms with van der Waals surface area (Å²) < 4.78 is 0. The molecule has 1 aromatic heterocycles. The van der Waals surface area contributed by atoms with Gasteiger partial charge in [0, 0.05) is 6.20 Å². The van der Waals surface area contributed by atoms with Crippen LogP contribution in [0.3, 0.4) is 0 Å². The van der Waals surface area contributed by atoms with Crippen LogP contribution in [0.2, 0.25) is 0 Å². The van der Waals surface area contributed by atoms with Crippen LogP contribution in [0.25, 0.3) is 0 Å². The zero-order valence-electron chi connectivity index (χ0n) is 8.53. The van der Waals surface area contributed by atoms with Crippen LogP contribution in [0, 0.1) is 0 Å². The second-order valence-electron chi connectivity index (χ2n) is 3.42. The van der Waals surface area contributed by atoms with Crippen LogP contribution in [-0.2, 0) is 4.79 Å². The molecule has 1 aliphatic rings. The maximum Gasteiger partial charge on any atom is 0.329 e. The first-order valence-electron chi connectivity index (χ1n) is 4.74. The lowest BCUT2D eigenvalue weighted by molar-refractivity contribution is -0.142. The zero-order chi connectivity index (χ0) is 12.6. The average Bonchev–Trinajstić information content (AvgIpc) is 2.56. The summed E-state index contributed by atoms with van der Waals surface area (Å²) in [6.07, 6.45) is 1.34. The van der Waals surface area contributed by atoms with Crippen LogP contribution < -0.4 is 0 Å². The van der Waals surface area contributed by atoms with E-state index in [-0.39, 0.29) is 11.3 Å². The summed E-state index contributed by atoms with van der Waals surface area (Å²) in [5, 5.41) is 17.7. The number of imide groups is 1.